The Morgan fingerprint density at radius 2 is 1.83 bits per heavy atom. The van der Waals surface area contributed by atoms with E-state index in [0.29, 0.717) is 6.04 Å². The topological polar surface area (TPSA) is 26.8 Å². The molecule has 2 amide bonds. The zero-order valence-corrected chi connectivity index (χ0v) is 14.0. The Kier molecular flexibility index (Phi) is 5.34. The van der Waals surface area contributed by atoms with Gasteiger partial charge in [-0.05, 0) is 25.3 Å². The average molecular weight is 313 g/mol. The van der Waals surface area contributed by atoms with E-state index in [-0.39, 0.29) is 6.03 Å². The number of likely N-dealkylation sites (N-methyl/N-ethyl adjacent to an activating group) is 1. The molecule has 2 aliphatic heterocycles. The van der Waals surface area contributed by atoms with E-state index < -0.39 is 0 Å². The van der Waals surface area contributed by atoms with Gasteiger partial charge in [-0.25, -0.2) is 4.79 Å². The molecule has 2 aliphatic rings. The highest BCUT2D eigenvalue weighted by Gasteiger charge is 2.34. The van der Waals surface area contributed by atoms with Crippen molar-refractivity contribution in [2.45, 2.75) is 25.8 Å². The highest BCUT2D eigenvalue weighted by Crippen LogP contribution is 2.21. The lowest BCUT2D eigenvalue weighted by atomic mass is 10.0. The molecule has 0 aromatic heterocycles. The van der Waals surface area contributed by atoms with E-state index in [1.807, 2.05) is 11.0 Å². The number of carbonyl (C=O) groups is 1. The summed E-state index contributed by atoms with van der Waals surface area (Å²) >= 11 is 0. The second-order valence-electron chi connectivity index (χ2n) is 6.40. The standard InChI is InChI=1S/C19H27N3O/c1-2-21-15-16-22(19(21)23)18-10-13-20(14-11-18)12-6-9-17-7-4-3-5-8-17/h3-9,18H,2,10-16H2,1H3/b9-6-. The molecule has 0 aliphatic carbocycles. The summed E-state index contributed by atoms with van der Waals surface area (Å²) in [5.74, 6) is 0. The van der Waals surface area contributed by atoms with Crippen LogP contribution < -0.4 is 0 Å². The highest BCUT2D eigenvalue weighted by molar-refractivity contribution is 5.76. The second kappa shape index (κ2) is 7.64. The summed E-state index contributed by atoms with van der Waals surface area (Å²) in [5.41, 5.74) is 1.25. The molecular formula is C19H27N3O. The van der Waals surface area contributed by atoms with Crippen LogP contribution in [0, 0.1) is 0 Å². The van der Waals surface area contributed by atoms with Crippen molar-refractivity contribution in [1.82, 2.24) is 14.7 Å². The number of amides is 2. The van der Waals surface area contributed by atoms with Crippen molar-refractivity contribution in [2.75, 3.05) is 39.3 Å². The first kappa shape index (κ1) is 16.1. The van der Waals surface area contributed by atoms with E-state index in [9.17, 15) is 4.79 Å². The maximum absolute atomic E-state index is 12.3. The zero-order chi connectivity index (χ0) is 16.1. The van der Waals surface area contributed by atoms with E-state index in [1.54, 1.807) is 0 Å². The third-order valence-corrected chi connectivity index (χ3v) is 4.98. The first-order valence-electron chi connectivity index (χ1n) is 8.77. The van der Waals surface area contributed by atoms with Crippen LogP contribution in [-0.2, 0) is 0 Å². The molecule has 0 spiro atoms. The minimum atomic E-state index is 0.245. The molecule has 2 saturated heterocycles. The van der Waals surface area contributed by atoms with E-state index >= 15 is 0 Å². The van der Waals surface area contributed by atoms with Crippen molar-refractivity contribution in [2.24, 2.45) is 0 Å². The molecule has 0 radical (unpaired) electrons. The van der Waals surface area contributed by atoms with Crippen LogP contribution >= 0.6 is 0 Å². The van der Waals surface area contributed by atoms with Gasteiger partial charge in [-0.1, -0.05) is 42.5 Å². The lowest BCUT2D eigenvalue weighted by Gasteiger charge is -2.36. The molecule has 2 heterocycles. The van der Waals surface area contributed by atoms with Crippen LogP contribution in [0.1, 0.15) is 25.3 Å². The van der Waals surface area contributed by atoms with Gasteiger partial charge in [0.15, 0.2) is 0 Å². The van der Waals surface area contributed by atoms with Crippen LogP contribution in [0.2, 0.25) is 0 Å². The molecule has 4 heteroatoms. The van der Waals surface area contributed by atoms with Crippen molar-refractivity contribution >= 4 is 12.1 Å². The van der Waals surface area contributed by atoms with Gasteiger partial charge < -0.3 is 9.80 Å². The Bertz CT molecular complexity index is 535. The van der Waals surface area contributed by atoms with Gasteiger partial charge >= 0.3 is 6.03 Å². The quantitative estimate of drug-likeness (QED) is 0.835. The molecule has 1 aromatic carbocycles. The maximum Gasteiger partial charge on any atom is 0.320 e. The molecule has 2 fully saturated rings. The fourth-order valence-corrected chi connectivity index (χ4v) is 3.55. The van der Waals surface area contributed by atoms with E-state index in [0.717, 1.165) is 52.1 Å². The number of hydrogen-bond donors (Lipinski definition) is 0. The average Bonchev–Trinajstić information content (AvgIpc) is 2.97. The molecular weight excluding hydrogens is 286 g/mol. The Morgan fingerprint density at radius 3 is 2.48 bits per heavy atom. The minimum absolute atomic E-state index is 0.245. The lowest BCUT2D eigenvalue weighted by Crippen LogP contribution is -2.46. The van der Waals surface area contributed by atoms with Crippen molar-refractivity contribution in [3.05, 3.63) is 42.0 Å². The molecule has 124 valence electrons. The number of nitrogens with zero attached hydrogens (tertiary/aromatic N) is 3. The van der Waals surface area contributed by atoms with Gasteiger partial charge in [0.1, 0.15) is 0 Å². The highest BCUT2D eigenvalue weighted by atomic mass is 16.2. The number of likely N-dealkylation sites (tertiary alicyclic amines) is 1. The van der Waals surface area contributed by atoms with Crippen LogP contribution in [0.25, 0.3) is 6.08 Å². The number of rotatable bonds is 5. The molecule has 4 nitrogen and oxygen atoms in total. The second-order valence-corrected chi connectivity index (χ2v) is 6.40. The summed E-state index contributed by atoms with van der Waals surface area (Å²) in [6.45, 7) is 7.86. The van der Waals surface area contributed by atoms with Crippen LogP contribution in [0.15, 0.2) is 36.4 Å². The zero-order valence-electron chi connectivity index (χ0n) is 14.0. The van der Waals surface area contributed by atoms with Crippen molar-refractivity contribution < 1.29 is 4.79 Å². The molecule has 23 heavy (non-hydrogen) atoms. The minimum Gasteiger partial charge on any atom is -0.323 e. The van der Waals surface area contributed by atoms with Crippen LogP contribution in [0.3, 0.4) is 0 Å². The van der Waals surface area contributed by atoms with Gasteiger partial charge in [0.05, 0.1) is 0 Å². The summed E-state index contributed by atoms with van der Waals surface area (Å²) in [4.78, 5) is 18.8. The van der Waals surface area contributed by atoms with Crippen LogP contribution in [0.4, 0.5) is 4.79 Å². The molecule has 3 rings (SSSR count). The molecule has 0 atom stereocenters. The van der Waals surface area contributed by atoms with Crippen molar-refractivity contribution in [1.29, 1.82) is 0 Å². The predicted molar refractivity (Wildman–Crippen MR) is 94.3 cm³/mol. The summed E-state index contributed by atoms with van der Waals surface area (Å²) in [6, 6.07) is 11.1. The molecule has 0 N–H and O–H groups in total. The summed E-state index contributed by atoms with van der Waals surface area (Å²) < 4.78 is 0. The number of benzene rings is 1. The van der Waals surface area contributed by atoms with Gasteiger partial charge in [0.25, 0.3) is 0 Å². The number of urea groups is 1. The summed E-state index contributed by atoms with van der Waals surface area (Å²) in [7, 11) is 0. The molecule has 0 saturated carbocycles. The Labute approximate surface area is 139 Å². The first-order valence-corrected chi connectivity index (χ1v) is 8.77. The smallest absolute Gasteiger partial charge is 0.320 e. The Balaban J connectivity index is 1.44. The summed E-state index contributed by atoms with van der Waals surface area (Å²) in [6.07, 6.45) is 6.63. The normalized spacial score (nSPS) is 20.8. The van der Waals surface area contributed by atoms with Crippen LogP contribution in [-0.4, -0.2) is 66.0 Å². The predicted octanol–water partition coefficient (Wildman–Crippen LogP) is 2.92. The number of piperidine rings is 1. The SMILES string of the molecule is CCN1CCN(C2CCN(C/C=C\c3ccccc3)CC2)C1=O. The first-order chi connectivity index (χ1) is 11.3. The van der Waals surface area contributed by atoms with Gasteiger partial charge in [-0.2, -0.15) is 0 Å². The lowest BCUT2D eigenvalue weighted by molar-refractivity contribution is 0.136. The monoisotopic (exact) mass is 313 g/mol. The van der Waals surface area contributed by atoms with Crippen molar-refractivity contribution in [3.8, 4) is 0 Å². The third kappa shape index (κ3) is 3.94. The molecule has 0 bridgehead atoms. The van der Waals surface area contributed by atoms with Gasteiger partial charge in [0, 0.05) is 45.3 Å². The summed E-state index contributed by atoms with van der Waals surface area (Å²) in [5, 5.41) is 0. The Hall–Kier alpha value is -1.81. The molecule has 0 unspecified atom stereocenters. The largest absolute Gasteiger partial charge is 0.323 e. The van der Waals surface area contributed by atoms with Crippen molar-refractivity contribution in [3.63, 3.8) is 0 Å². The molecule has 1 aromatic rings. The van der Waals surface area contributed by atoms with E-state index in [1.165, 1.54) is 5.56 Å². The Morgan fingerprint density at radius 1 is 1.09 bits per heavy atom. The number of carbonyl (C=O) groups excluding carboxylic acids is 1. The number of hydrogen-bond acceptors (Lipinski definition) is 2. The van der Waals surface area contributed by atoms with Crippen LogP contribution in [0.5, 0.6) is 0 Å². The van der Waals surface area contributed by atoms with E-state index in [4.69, 9.17) is 0 Å². The third-order valence-electron chi connectivity index (χ3n) is 4.98. The van der Waals surface area contributed by atoms with E-state index in [2.05, 4.69) is 53.1 Å². The van der Waals surface area contributed by atoms with Gasteiger partial charge in [-0.3, -0.25) is 4.90 Å². The van der Waals surface area contributed by atoms with Gasteiger partial charge in [0.2, 0.25) is 0 Å². The fourth-order valence-electron chi connectivity index (χ4n) is 3.55. The van der Waals surface area contributed by atoms with Gasteiger partial charge in [-0.15, -0.1) is 0 Å². The maximum atomic E-state index is 12.3. The fraction of sp³-hybridized carbons (Fsp3) is 0.526.